The molecule has 14 heavy (non-hydrogen) atoms. The van der Waals surface area contributed by atoms with Crippen LogP contribution in [0.2, 0.25) is 0 Å². The Labute approximate surface area is 84.0 Å². The van der Waals surface area contributed by atoms with Crippen LogP contribution in [-0.4, -0.2) is 24.9 Å². The van der Waals surface area contributed by atoms with E-state index in [1.807, 2.05) is 25.1 Å². The highest BCUT2D eigenvalue weighted by molar-refractivity contribution is 6.33. The van der Waals surface area contributed by atoms with Crippen molar-refractivity contribution in [2.75, 3.05) is 12.4 Å². The van der Waals surface area contributed by atoms with E-state index in [2.05, 4.69) is 15.3 Å². The quantitative estimate of drug-likeness (QED) is 0.663. The topological polar surface area (TPSA) is 37.8 Å². The van der Waals surface area contributed by atoms with Gasteiger partial charge in [0, 0.05) is 12.4 Å². The number of nitrogens with one attached hydrogen (secondary N) is 1. The molecule has 3 nitrogen and oxygen atoms in total. The molecule has 68 valence electrons. The van der Waals surface area contributed by atoms with Gasteiger partial charge in [0.1, 0.15) is 7.85 Å². The SMILES string of the molecule is [B]c1ccc2nc(NC)nc(C)c2c1. The highest BCUT2D eigenvalue weighted by Gasteiger charge is 2.02. The second-order valence-electron chi connectivity index (χ2n) is 3.16. The largest absolute Gasteiger partial charge is 0.357 e. The molecule has 0 aliphatic rings. The lowest BCUT2D eigenvalue weighted by Crippen LogP contribution is -2.04. The summed E-state index contributed by atoms with van der Waals surface area (Å²) in [5.74, 6) is 0.639. The Morgan fingerprint density at radius 2 is 2.07 bits per heavy atom. The van der Waals surface area contributed by atoms with Crippen LogP contribution in [0.5, 0.6) is 0 Å². The Kier molecular flexibility index (Phi) is 2.12. The Morgan fingerprint density at radius 1 is 1.29 bits per heavy atom. The van der Waals surface area contributed by atoms with Crippen LogP contribution in [0.15, 0.2) is 18.2 Å². The Hall–Kier alpha value is -1.58. The molecular formula is C10H10BN3. The number of nitrogens with zero attached hydrogens (tertiary/aromatic N) is 2. The fourth-order valence-corrected chi connectivity index (χ4v) is 1.41. The smallest absolute Gasteiger partial charge is 0.223 e. The van der Waals surface area contributed by atoms with Gasteiger partial charge >= 0.3 is 0 Å². The van der Waals surface area contributed by atoms with Gasteiger partial charge in [0.25, 0.3) is 0 Å². The van der Waals surface area contributed by atoms with Crippen molar-refractivity contribution in [2.45, 2.75) is 6.92 Å². The summed E-state index contributed by atoms with van der Waals surface area (Å²) in [6, 6.07) is 5.64. The Morgan fingerprint density at radius 3 is 2.79 bits per heavy atom. The molecule has 0 saturated carbocycles. The lowest BCUT2D eigenvalue weighted by molar-refractivity contribution is 1.14. The molecule has 0 saturated heterocycles. The molecule has 0 atom stereocenters. The van der Waals surface area contributed by atoms with Gasteiger partial charge in [-0.1, -0.05) is 17.6 Å². The summed E-state index contributed by atoms with van der Waals surface area (Å²) in [4.78, 5) is 8.60. The van der Waals surface area contributed by atoms with E-state index in [-0.39, 0.29) is 0 Å². The van der Waals surface area contributed by atoms with Gasteiger partial charge < -0.3 is 5.32 Å². The molecule has 1 aromatic heterocycles. The third kappa shape index (κ3) is 1.43. The molecule has 2 aromatic rings. The summed E-state index contributed by atoms with van der Waals surface area (Å²) in [5.41, 5.74) is 2.59. The normalized spacial score (nSPS) is 10.4. The lowest BCUT2D eigenvalue weighted by Gasteiger charge is -2.05. The van der Waals surface area contributed by atoms with Crippen LogP contribution in [0.3, 0.4) is 0 Å². The number of rotatable bonds is 1. The van der Waals surface area contributed by atoms with Crippen molar-refractivity contribution >= 4 is 30.2 Å². The molecule has 1 aromatic carbocycles. The Balaban J connectivity index is 2.76. The number of benzene rings is 1. The monoisotopic (exact) mass is 183 g/mol. The van der Waals surface area contributed by atoms with Crippen molar-refractivity contribution in [2.24, 2.45) is 0 Å². The maximum Gasteiger partial charge on any atom is 0.223 e. The van der Waals surface area contributed by atoms with Crippen molar-refractivity contribution in [1.29, 1.82) is 0 Å². The third-order valence-corrected chi connectivity index (χ3v) is 2.13. The molecule has 2 rings (SSSR count). The highest BCUT2D eigenvalue weighted by Crippen LogP contribution is 2.14. The van der Waals surface area contributed by atoms with E-state index in [4.69, 9.17) is 7.85 Å². The van der Waals surface area contributed by atoms with E-state index in [1.54, 1.807) is 7.05 Å². The van der Waals surface area contributed by atoms with Gasteiger partial charge in [0.2, 0.25) is 5.95 Å². The predicted molar refractivity (Wildman–Crippen MR) is 59.2 cm³/mol. The minimum absolute atomic E-state index is 0.639. The number of fused-ring (bicyclic) bond motifs is 1. The van der Waals surface area contributed by atoms with Crippen molar-refractivity contribution in [1.82, 2.24) is 9.97 Å². The minimum atomic E-state index is 0.639. The van der Waals surface area contributed by atoms with Crippen molar-refractivity contribution in [3.63, 3.8) is 0 Å². The number of anilines is 1. The van der Waals surface area contributed by atoms with Gasteiger partial charge in [-0.05, 0) is 13.0 Å². The van der Waals surface area contributed by atoms with Crippen LogP contribution in [0, 0.1) is 6.92 Å². The first kappa shape index (κ1) is 9.00. The van der Waals surface area contributed by atoms with E-state index in [1.165, 1.54) is 0 Å². The fourth-order valence-electron chi connectivity index (χ4n) is 1.41. The Bertz CT molecular complexity index is 482. The molecule has 0 spiro atoms. The minimum Gasteiger partial charge on any atom is -0.357 e. The molecule has 0 fully saturated rings. The maximum atomic E-state index is 5.69. The summed E-state index contributed by atoms with van der Waals surface area (Å²) < 4.78 is 0. The van der Waals surface area contributed by atoms with E-state index in [0.717, 1.165) is 22.1 Å². The van der Waals surface area contributed by atoms with Crippen LogP contribution in [0.4, 0.5) is 5.95 Å². The molecule has 0 unspecified atom stereocenters. The zero-order valence-corrected chi connectivity index (χ0v) is 8.20. The second-order valence-corrected chi connectivity index (χ2v) is 3.16. The van der Waals surface area contributed by atoms with Crippen LogP contribution >= 0.6 is 0 Å². The number of aryl methyl sites for hydroxylation is 1. The van der Waals surface area contributed by atoms with Crippen molar-refractivity contribution in [3.05, 3.63) is 23.9 Å². The number of hydrogen-bond donors (Lipinski definition) is 1. The summed E-state index contributed by atoms with van der Waals surface area (Å²) in [6.07, 6.45) is 0. The van der Waals surface area contributed by atoms with E-state index in [9.17, 15) is 0 Å². The van der Waals surface area contributed by atoms with Gasteiger partial charge in [0.05, 0.1) is 11.2 Å². The third-order valence-electron chi connectivity index (χ3n) is 2.13. The molecule has 4 heteroatoms. The van der Waals surface area contributed by atoms with Gasteiger partial charge in [-0.25, -0.2) is 9.97 Å². The van der Waals surface area contributed by atoms with Crippen LogP contribution in [0.1, 0.15) is 5.69 Å². The predicted octanol–water partition coefficient (Wildman–Crippen LogP) is 0.774. The van der Waals surface area contributed by atoms with Crippen LogP contribution in [0.25, 0.3) is 10.9 Å². The van der Waals surface area contributed by atoms with Gasteiger partial charge in [-0.3, -0.25) is 0 Å². The van der Waals surface area contributed by atoms with E-state index < -0.39 is 0 Å². The van der Waals surface area contributed by atoms with Crippen LogP contribution in [-0.2, 0) is 0 Å². The van der Waals surface area contributed by atoms with Gasteiger partial charge in [-0.15, -0.1) is 0 Å². The molecule has 1 heterocycles. The molecule has 2 radical (unpaired) electrons. The summed E-state index contributed by atoms with van der Waals surface area (Å²) in [7, 11) is 7.50. The zero-order valence-electron chi connectivity index (χ0n) is 8.20. The first-order valence-corrected chi connectivity index (χ1v) is 4.42. The molecule has 1 N–H and O–H groups in total. The summed E-state index contributed by atoms with van der Waals surface area (Å²) in [5, 5.41) is 3.92. The maximum absolute atomic E-state index is 5.69. The van der Waals surface area contributed by atoms with Crippen molar-refractivity contribution in [3.8, 4) is 0 Å². The lowest BCUT2D eigenvalue weighted by atomic mass is 9.94. The van der Waals surface area contributed by atoms with Gasteiger partial charge in [-0.2, -0.15) is 0 Å². The summed E-state index contributed by atoms with van der Waals surface area (Å²) >= 11 is 0. The van der Waals surface area contributed by atoms with E-state index in [0.29, 0.717) is 5.95 Å². The second kappa shape index (κ2) is 3.29. The molecule has 0 bridgehead atoms. The number of aromatic nitrogens is 2. The molecule has 0 aliphatic carbocycles. The standard InChI is InChI=1S/C10H10BN3/c1-6-8-5-7(11)3-4-9(8)14-10(12-2)13-6/h3-5H,1-2H3,(H,12,13,14). The highest BCUT2D eigenvalue weighted by atomic mass is 15.1. The number of hydrogen-bond acceptors (Lipinski definition) is 3. The van der Waals surface area contributed by atoms with Crippen molar-refractivity contribution < 1.29 is 0 Å². The average Bonchev–Trinajstić information content (AvgIpc) is 2.19. The molecule has 0 amide bonds. The zero-order chi connectivity index (χ0) is 10.1. The van der Waals surface area contributed by atoms with E-state index >= 15 is 0 Å². The first-order chi connectivity index (χ1) is 6.70. The fraction of sp³-hybridized carbons (Fsp3) is 0.200. The van der Waals surface area contributed by atoms with Gasteiger partial charge in [0.15, 0.2) is 0 Å². The average molecular weight is 183 g/mol. The summed E-state index contributed by atoms with van der Waals surface area (Å²) in [6.45, 7) is 1.95. The van der Waals surface area contributed by atoms with Crippen LogP contribution < -0.4 is 10.8 Å². The first-order valence-electron chi connectivity index (χ1n) is 4.42. The molecule has 0 aliphatic heterocycles. The molecular weight excluding hydrogens is 173 g/mol.